The van der Waals surface area contributed by atoms with Gasteiger partial charge in [0.1, 0.15) is 18.2 Å². The molecule has 2 aromatic carbocycles. The minimum absolute atomic E-state index is 0.00660. The molecule has 4 rings (SSSR count). The number of rotatable bonds is 7. The number of benzene rings is 2. The van der Waals surface area contributed by atoms with Gasteiger partial charge in [-0.05, 0) is 54.8 Å². The molecule has 1 fully saturated rings. The topological polar surface area (TPSA) is 42.4 Å². The third kappa shape index (κ3) is 4.52. The number of aromatic nitrogens is 1. The molecule has 1 aliphatic rings. The van der Waals surface area contributed by atoms with Crippen LogP contribution < -0.4 is 4.74 Å². The van der Waals surface area contributed by atoms with E-state index >= 15 is 0 Å². The lowest BCUT2D eigenvalue weighted by molar-refractivity contribution is 0.0730. The van der Waals surface area contributed by atoms with Gasteiger partial charge in [0, 0.05) is 23.5 Å². The Kier molecular flexibility index (Phi) is 5.16. The number of carbonyl (C=O) groups is 1. The zero-order valence-corrected chi connectivity index (χ0v) is 15.5. The van der Waals surface area contributed by atoms with Crippen LogP contribution in [0.4, 0.5) is 4.39 Å². The van der Waals surface area contributed by atoms with E-state index in [-0.39, 0.29) is 17.8 Å². The van der Waals surface area contributed by atoms with Crippen LogP contribution in [0, 0.1) is 5.82 Å². The Morgan fingerprint density at radius 2 is 1.89 bits per heavy atom. The van der Waals surface area contributed by atoms with Gasteiger partial charge < -0.3 is 9.64 Å². The highest BCUT2D eigenvalue weighted by atomic mass is 32.1. The van der Waals surface area contributed by atoms with Crippen LogP contribution >= 0.6 is 11.3 Å². The quantitative estimate of drug-likeness (QED) is 0.597. The monoisotopic (exact) mass is 382 g/mol. The lowest BCUT2D eigenvalue weighted by atomic mass is 10.1. The molecule has 1 aromatic heterocycles. The number of carbonyl (C=O) groups excluding carboxylic acids is 1. The highest BCUT2D eigenvalue weighted by Gasteiger charge is 2.33. The zero-order valence-electron chi connectivity index (χ0n) is 14.7. The molecule has 0 aliphatic heterocycles. The van der Waals surface area contributed by atoms with Gasteiger partial charge >= 0.3 is 0 Å². The van der Waals surface area contributed by atoms with Crippen molar-refractivity contribution in [1.82, 2.24) is 9.88 Å². The predicted octanol–water partition coefficient (Wildman–Crippen LogP) is 4.67. The van der Waals surface area contributed by atoms with Crippen LogP contribution in [0.2, 0.25) is 0 Å². The highest BCUT2D eigenvalue weighted by molar-refractivity contribution is 7.07. The first-order valence-electron chi connectivity index (χ1n) is 8.84. The number of nitrogens with zero attached hydrogens (tertiary/aromatic N) is 2. The van der Waals surface area contributed by atoms with E-state index in [4.69, 9.17) is 4.74 Å². The van der Waals surface area contributed by atoms with Crippen molar-refractivity contribution in [2.24, 2.45) is 0 Å². The van der Waals surface area contributed by atoms with Crippen molar-refractivity contribution in [2.45, 2.75) is 32.0 Å². The molecule has 3 aromatic rings. The second kappa shape index (κ2) is 7.88. The number of hydrogen-bond acceptors (Lipinski definition) is 4. The molecule has 0 atom stereocenters. The molecule has 27 heavy (non-hydrogen) atoms. The number of hydrogen-bond donors (Lipinski definition) is 0. The summed E-state index contributed by atoms with van der Waals surface area (Å²) in [5.74, 6) is 0.431. The maximum absolute atomic E-state index is 13.1. The fourth-order valence-electron chi connectivity index (χ4n) is 2.87. The van der Waals surface area contributed by atoms with Gasteiger partial charge in [-0.3, -0.25) is 4.79 Å². The molecule has 0 radical (unpaired) electrons. The summed E-state index contributed by atoms with van der Waals surface area (Å²) < 4.78 is 18.8. The molecule has 6 heteroatoms. The van der Waals surface area contributed by atoms with Crippen molar-refractivity contribution in [3.8, 4) is 5.75 Å². The lowest BCUT2D eigenvalue weighted by Crippen LogP contribution is -2.32. The van der Waals surface area contributed by atoms with Gasteiger partial charge in [0.2, 0.25) is 0 Å². The first kappa shape index (κ1) is 17.7. The molecule has 0 N–H and O–H groups in total. The maximum Gasteiger partial charge on any atom is 0.254 e. The highest BCUT2D eigenvalue weighted by Crippen LogP contribution is 2.30. The number of halogens is 1. The number of thiazole rings is 1. The van der Waals surface area contributed by atoms with Crippen molar-refractivity contribution >= 4 is 17.2 Å². The molecule has 1 saturated carbocycles. The van der Waals surface area contributed by atoms with Crippen LogP contribution in [0.25, 0.3) is 0 Å². The Bertz CT molecular complexity index is 891. The van der Waals surface area contributed by atoms with Crippen molar-refractivity contribution in [2.75, 3.05) is 0 Å². The summed E-state index contributed by atoms with van der Waals surface area (Å²) in [5, 5.41) is 1.95. The molecule has 1 heterocycles. The summed E-state index contributed by atoms with van der Waals surface area (Å²) in [5.41, 5.74) is 4.22. The average molecular weight is 382 g/mol. The molecule has 1 amide bonds. The third-order valence-corrected chi connectivity index (χ3v) is 5.12. The summed E-state index contributed by atoms with van der Waals surface area (Å²) in [6.45, 7) is 0.904. The Labute approximate surface area is 161 Å². The smallest absolute Gasteiger partial charge is 0.254 e. The standard InChI is InChI=1S/C21H19FN2O2S/c22-17-5-1-15(2-6-17)11-24(19-7-8-19)21(25)16-3-9-20(10-4-16)26-12-18-13-27-14-23-18/h1-6,9-10,13-14,19H,7-8,11-12H2. The van der Waals surface area contributed by atoms with Crippen molar-refractivity contribution < 1.29 is 13.9 Å². The van der Waals surface area contributed by atoms with Crippen LogP contribution in [0.3, 0.4) is 0 Å². The molecule has 0 spiro atoms. The Balaban J connectivity index is 1.42. The van der Waals surface area contributed by atoms with Crippen LogP contribution in [0.5, 0.6) is 5.75 Å². The van der Waals surface area contributed by atoms with E-state index in [1.807, 2.05) is 22.4 Å². The van der Waals surface area contributed by atoms with E-state index in [2.05, 4.69) is 4.98 Å². The zero-order chi connectivity index (χ0) is 18.6. The van der Waals surface area contributed by atoms with Crippen molar-refractivity contribution in [1.29, 1.82) is 0 Å². The lowest BCUT2D eigenvalue weighted by Gasteiger charge is -2.23. The van der Waals surface area contributed by atoms with Gasteiger partial charge in [0.05, 0.1) is 11.2 Å². The van der Waals surface area contributed by atoms with Crippen LogP contribution in [-0.2, 0) is 13.2 Å². The number of amides is 1. The largest absolute Gasteiger partial charge is 0.487 e. The van der Waals surface area contributed by atoms with Gasteiger partial charge in [-0.15, -0.1) is 11.3 Å². The maximum atomic E-state index is 13.1. The molecule has 0 bridgehead atoms. The second-order valence-corrected chi connectivity index (χ2v) is 7.30. The normalized spacial score (nSPS) is 13.4. The van der Waals surface area contributed by atoms with Crippen molar-refractivity contribution in [3.63, 3.8) is 0 Å². The van der Waals surface area contributed by atoms with Crippen molar-refractivity contribution in [3.05, 3.63) is 82.1 Å². The minimum atomic E-state index is -0.267. The first-order chi connectivity index (χ1) is 13.2. The van der Waals surface area contributed by atoms with E-state index < -0.39 is 0 Å². The van der Waals surface area contributed by atoms with E-state index in [1.165, 1.54) is 23.5 Å². The summed E-state index contributed by atoms with van der Waals surface area (Å²) in [6.07, 6.45) is 2.03. The number of ether oxygens (including phenoxy) is 1. The Morgan fingerprint density at radius 1 is 1.15 bits per heavy atom. The summed E-state index contributed by atoms with van der Waals surface area (Å²) in [6, 6.07) is 13.8. The van der Waals surface area contributed by atoms with Crippen LogP contribution in [-0.4, -0.2) is 21.8 Å². The molecular formula is C21H19FN2O2S. The van der Waals surface area contributed by atoms with Gasteiger partial charge in [0.15, 0.2) is 0 Å². The van der Waals surface area contributed by atoms with Crippen LogP contribution in [0.1, 0.15) is 34.5 Å². The van der Waals surface area contributed by atoms with E-state index in [1.54, 1.807) is 29.8 Å². The van der Waals surface area contributed by atoms with Gasteiger partial charge in [0.25, 0.3) is 5.91 Å². The molecule has 0 saturated heterocycles. The fraction of sp³-hybridized carbons (Fsp3) is 0.238. The summed E-state index contributed by atoms with van der Waals surface area (Å²) in [4.78, 5) is 19.0. The Morgan fingerprint density at radius 3 is 2.52 bits per heavy atom. The van der Waals surface area contributed by atoms with Gasteiger partial charge in [-0.1, -0.05) is 12.1 Å². The average Bonchev–Trinajstić information content (AvgIpc) is 3.40. The van der Waals surface area contributed by atoms with E-state index in [0.29, 0.717) is 24.5 Å². The molecule has 0 unspecified atom stereocenters. The molecular weight excluding hydrogens is 363 g/mol. The van der Waals surface area contributed by atoms with E-state index in [0.717, 1.165) is 24.1 Å². The second-order valence-electron chi connectivity index (χ2n) is 6.58. The first-order valence-corrected chi connectivity index (χ1v) is 9.78. The fourth-order valence-corrected chi connectivity index (χ4v) is 3.41. The Hall–Kier alpha value is -2.73. The minimum Gasteiger partial charge on any atom is -0.487 e. The summed E-state index contributed by atoms with van der Waals surface area (Å²) in [7, 11) is 0. The molecule has 1 aliphatic carbocycles. The SMILES string of the molecule is O=C(c1ccc(OCc2cscn2)cc1)N(Cc1ccc(F)cc1)C1CC1. The third-order valence-electron chi connectivity index (χ3n) is 4.49. The van der Waals surface area contributed by atoms with E-state index in [9.17, 15) is 9.18 Å². The molecule has 4 nitrogen and oxygen atoms in total. The molecule has 138 valence electrons. The summed E-state index contributed by atoms with van der Waals surface area (Å²) >= 11 is 1.53. The van der Waals surface area contributed by atoms with Gasteiger partial charge in [-0.25, -0.2) is 9.37 Å². The van der Waals surface area contributed by atoms with Gasteiger partial charge in [-0.2, -0.15) is 0 Å². The van der Waals surface area contributed by atoms with Crippen LogP contribution in [0.15, 0.2) is 59.4 Å². The predicted molar refractivity (Wildman–Crippen MR) is 102 cm³/mol.